The molecule has 0 amide bonds. The van der Waals surface area contributed by atoms with Crippen LogP contribution < -0.4 is 5.73 Å². The molecule has 19 heavy (non-hydrogen) atoms. The molecule has 0 aliphatic heterocycles. The van der Waals surface area contributed by atoms with Crippen molar-refractivity contribution in [3.8, 4) is 11.4 Å². The molecule has 1 aromatic heterocycles. The summed E-state index contributed by atoms with van der Waals surface area (Å²) in [5.74, 6) is 1.34. The first kappa shape index (κ1) is 12.4. The number of rotatable bonds is 5. The van der Waals surface area contributed by atoms with Crippen LogP contribution in [0.15, 0.2) is 42.7 Å². The summed E-state index contributed by atoms with van der Waals surface area (Å²) in [7, 11) is 0. The van der Waals surface area contributed by atoms with Gasteiger partial charge in [0.05, 0.1) is 12.1 Å². The maximum absolute atomic E-state index is 9.60. The van der Waals surface area contributed by atoms with Crippen molar-refractivity contribution in [1.82, 2.24) is 9.55 Å². The molecule has 1 aromatic carbocycles. The van der Waals surface area contributed by atoms with Crippen LogP contribution in [0.5, 0.6) is 0 Å². The van der Waals surface area contributed by atoms with Crippen molar-refractivity contribution < 1.29 is 5.11 Å². The van der Waals surface area contributed by atoms with E-state index < -0.39 is 5.54 Å². The van der Waals surface area contributed by atoms with Crippen LogP contribution in [0.25, 0.3) is 11.4 Å². The standard InChI is InChI=1S/C15H19N3O/c16-15(11-19,13-6-7-13)10-18-9-8-17-14(18)12-4-2-1-3-5-12/h1-5,8-9,13,19H,6-7,10-11,16H2. The third-order valence-electron chi connectivity index (χ3n) is 3.90. The summed E-state index contributed by atoms with van der Waals surface area (Å²) in [5, 5.41) is 9.60. The van der Waals surface area contributed by atoms with Gasteiger partial charge < -0.3 is 15.4 Å². The summed E-state index contributed by atoms with van der Waals surface area (Å²) in [6, 6.07) is 10.1. The Labute approximate surface area is 112 Å². The maximum Gasteiger partial charge on any atom is 0.139 e. The van der Waals surface area contributed by atoms with Crippen LogP contribution in [0.1, 0.15) is 12.8 Å². The quantitative estimate of drug-likeness (QED) is 0.856. The molecule has 3 rings (SSSR count). The van der Waals surface area contributed by atoms with Crippen LogP contribution in [-0.2, 0) is 6.54 Å². The first-order valence-electron chi connectivity index (χ1n) is 6.69. The van der Waals surface area contributed by atoms with E-state index in [4.69, 9.17) is 5.73 Å². The largest absolute Gasteiger partial charge is 0.394 e. The van der Waals surface area contributed by atoms with Crippen LogP contribution in [0.2, 0.25) is 0 Å². The van der Waals surface area contributed by atoms with Crippen molar-refractivity contribution in [3.63, 3.8) is 0 Å². The third-order valence-corrected chi connectivity index (χ3v) is 3.90. The van der Waals surface area contributed by atoms with Crippen molar-refractivity contribution in [2.45, 2.75) is 24.9 Å². The number of aliphatic hydroxyl groups excluding tert-OH is 1. The lowest BCUT2D eigenvalue weighted by atomic mass is 9.95. The average molecular weight is 257 g/mol. The minimum atomic E-state index is -0.524. The highest BCUT2D eigenvalue weighted by molar-refractivity contribution is 5.55. The molecule has 0 saturated heterocycles. The number of nitrogens with zero attached hydrogens (tertiary/aromatic N) is 2. The molecule has 0 spiro atoms. The normalized spacial score (nSPS) is 18.2. The Hall–Kier alpha value is -1.65. The Morgan fingerprint density at radius 3 is 2.68 bits per heavy atom. The van der Waals surface area contributed by atoms with Gasteiger partial charge in [0.15, 0.2) is 0 Å². The highest BCUT2D eigenvalue weighted by atomic mass is 16.3. The van der Waals surface area contributed by atoms with Crippen molar-refractivity contribution in [1.29, 1.82) is 0 Å². The number of hydrogen-bond acceptors (Lipinski definition) is 3. The number of benzene rings is 1. The fourth-order valence-electron chi connectivity index (χ4n) is 2.57. The second-order valence-corrected chi connectivity index (χ2v) is 5.41. The van der Waals surface area contributed by atoms with Gasteiger partial charge in [-0.3, -0.25) is 0 Å². The van der Waals surface area contributed by atoms with Gasteiger partial charge in [0, 0.05) is 24.5 Å². The summed E-state index contributed by atoms with van der Waals surface area (Å²) in [6.45, 7) is 0.627. The van der Waals surface area contributed by atoms with E-state index >= 15 is 0 Å². The van der Waals surface area contributed by atoms with Gasteiger partial charge in [-0.15, -0.1) is 0 Å². The van der Waals surface area contributed by atoms with Gasteiger partial charge in [0.2, 0.25) is 0 Å². The number of aromatic nitrogens is 2. The van der Waals surface area contributed by atoms with Crippen molar-refractivity contribution in [2.24, 2.45) is 11.7 Å². The molecule has 0 radical (unpaired) electrons. The van der Waals surface area contributed by atoms with E-state index in [-0.39, 0.29) is 6.61 Å². The van der Waals surface area contributed by atoms with E-state index in [9.17, 15) is 5.11 Å². The molecular weight excluding hydrogens is 238 g/mol. The van der Waals surface area contributed by atoms with E-state index in [1.807, 2.05) is 41.1 Å². The van der Waals surface area contributed by atoms with Gasteiger partial charge in [0.25, 0.3) is 0 Å². The predicted molar refractivity (Wildman–Crippen MR) is 74.4 cm³/mol. The second kappa shape index (κ2) is 4.79. The summed E-state index contributed by atoms with van der Waals surface area (Å²) >= 11 is 0. The number of imidazole rings is 1. The average Bonchev–Trinajstić information content (AvgIpc) is 3.21. The van der Waals surface area contributed by atoms with Gasteiger partial charge in [-0.25, -0.2) is 4.98 Å². The Bertz CT molecular complexity index is 548. The third kappa shape index (κ3) is 2.41. The molecule has 1 heterocycles. The highest BCUT2D eigenvalue weighted by Gasteiger charge is 2.42. The lowest BCUT2D eigenvalue weighted by Gasteiger charge is -2.28. The van der Waals surface area contributed by atoms with Crippen LogP contribution in [0.3, 0.4) is 0 Å². The Balaban J connectivity index is 1.88. The zero-order chi connectivity index (χ0) is 13.3. The molecule has 1 fully saturated rings. The SMILES string of the molecule is NC(CO)(Cn1ccnc1-c1ccccc1)C1CC1. The highest BCUT2D eigenvalue weighted by Crippen LogP contribution is 2.39. The van der Waals surface area contributed by atoms with Gasteiger partial charge in [-0.05, 0) is 18.8 Å². The summed E-state index contributed by atoms with van der Waals surface area (Å²) in [5.41, 5.74) is 6.89. The minimum absolute atomic E-state index is 0.0179. The molecule has 1 unspecified atom stereocenters. The van der Waals surface area contributed by atoms with Crippen molar-refractivity contribution >= 4 is 0 Å². The smallest absolute Gasteiger partial charge is 0.139 e. The van der Waals surface area contributed by atoms with Gasteiger partial charge in [-0.1, -0.05) is 30.3 Å². The molecule has 1 aliphatic carbocycles. The monoisotopic (exact) mass is 257 g/mol. The topological polar surface area (TPSA) is 64.1 Å². The molecule has 100 valence electrons. The summed E-state index contributed by atoms with van der Waals surface area (Å²) < 4.78 is 2.05. The molecule has 1 saturated carbocycles. The minimum Gasteiger partial charge on any atom is -0.394 e. The van der Waals surface area contributed by atoms with Crippen molar-refractivity contribution in [3.05, 3.63) is 42.7 Å². The first-order chi connectivity index (χ1) is 9.23. The zero-order valence-electron chi connectivity index (χ0n) is 10.9. The van der Waals surface area contributed by atoms with E-state index in [2.05, 4.69) is 4.98 Å². The molecule has 0 bridgehead atoms. The van der Waals surface area contributed by atoms with Crippen LogP contribution in [0, 0.1) is 5.92 Å². The fraction of sp³-hybridized carbons (Fsp3) is 0.400. The van der Waals surface area contributed by atoms with E-state index in [0.717, 1.165) is 24.2 Å². The second-order valence-electron chi connectivity index (χ2n) is 5.41. The van der Waals surface area contributed by atoms with Crippen LogP contribution >= 0.6 is 0 Å². The molecule has 1 atom stereocenters. The lowest BCUT2D eigenvalue weighted by Crippen LogP contribution is -2.49. The van der Waals surface area contributed by atoms with Gasteiger partial charge >= 0.3 is 0 Å². The zero-order valence-corrected chi connectivity index (χ0v) is 10.9. The molecule has 4 heteroatoms. The Morgan fingerprint density at radius 2 is 2.05 bits per heavy atom. The molecule has 3 N–H and O–H groups in total. The Kier molecular flexibility index (Phi) is 3.12. The molecule has 2 aromatic rings. The summed E-state index contributed by atoms with van der Waals surface area (Å²) in [4.78, 5) is 4.41. The lowest BCUT2D eigenvalue weighted by molar-refractivity contribution is 0.159. The fourth-order valence-corrected chi connectivity index (χ4v) is 2.57. The van der Waals surface area contributed by atoms with Gasteiger partial charge in [-0.2, -0.15) is 0 Å². The first-order valence-corrected chi connectivity index (χ1v) is 6.69. The number of hydrogen-bond donors (Lipinski definition) is 2. The van der Waals surface area contributed by atoms with Crippen LogP contribution in [-0.4, -0.2) is 26.8 Å². The van der Waals surface area contributed by atoms with Gasteiger partial charge in [0.1, 0.15) is 5.82 Å². The number of aliphatic hydroxyl groups is 1. The maximum atomic E-state index is 9.60. The van der Waals surface area contributed by atoms with Crippen LogP contribution in [0.4, 0.5) is 0 Å². The Morgan fingerprint density at radius 1 is 1.32 bits per heavy atom. The number of nitrogens with two attached hydrogens (primary N) is 1. The molecule has 4 nitrogen and oxygen atoms in total. The van der Waals surface area contributed by atoms with E-state index in [0.29, 0.717) is 12.5 Å². The van der Waals surface area contributed by atoms with E-state index in [1.54, 1.807) is 6.20 Å². The molecule has 1 aliphatic rings. The summed E-state index contributed by atoms with van der Waals surface area (Å²) in [6.07, 6.45) is 5.95. The molecular formula is C15H19N3O. The van der Waals surface area contributed by atoms with Crippen molar-refractivity contribution in [2.75, 3.05) is 6.61 Å². The predicted octanol–water partition coefficient (Wildman–Crippen LogP) is 1.65. The van der Waals surface area contributed by atoms with E-state index in [1.165, 1.54) is 0 Å².